The number of aliphatic hydroxyl groups excluding tert-OH is 1. The van der Waals surface area contributed by atoms with Crippen LogP contribution < -0.4 is 0 Å². The highest BCUT2D eigenvalue weighted by molar-refractivity contribution is 5.50. The van der Waals surface area contributed by atoms with E-state index >= 15 is 0 Å². The van der Waals surface area contributed by atoms with E-state index in [1.165, 1.54) is 0 Å². The fourth-order valence-electron chi connectivity index (χ4n) is 2.25. The van der Waals surface area contributed by atoms with Gasteiger partial charge in [0.15, 0.2) is 0 Å². The van der Waals surface area contributed by atoms with Crippen molar-refractivity contribution in [3.8, 4) is 0 Å². The monoisotopic (exact) mass is 314 g/mol. The Morgan fingerprint density at radius 2 is 1.30 bits per heavy atom. The van der Waals surface area contributed by atoms with E-state index in [0.29, 0.717) is 13.2 Å². The van der Waals surface area contributed by atoms with Gasteiger partial charge in [-0.15, -0.1) is 0 Å². The van der Waals surface area contributed by atoms with E-state index in [-0.39, 0.29) is 13.0 Å². The van der Waals surface area contributed by atoms with Gasteiger partial charge in [-0.25, -0.2) is 0 Å². The molecule has 4 heteroatoms. The second-order valence-electron chi connectivity index (χ2n) is 5.26. The average molecular weight is 314 g/mol. The molecule has 0 aliphatic rings. The summed E-state index contributed by atoms with van der Waals surface area (Å²) in [6.45, 7) is 0.556. The number of hydrogen-bond acceptors (Lipinski definition) is 4. The van der Waals surface area contributed by atoms with Gasteiger partial charge in [-0.3, -0.25) is 0 Å². The first-order valence-corrected chi connectivity index (χ1v) is 7.69. The van der Waals surface area contributed by atoms with Crippen molar-refractivity contribution in [2.75, 3.05) is 6.61 Å². The van der Waals surface area contributed by atoms with E-state index in [9.17, 15) is 9.90 Å². The minimum atomic E-state index is -0.538. The van der Waals surface area contributed by atoms with Gasteiger partial charge >= 0.3 is 0 Å². The van der Waals surface area contributed by atoms with Gasteiger partial charge in [-0.2, -0.15) is 0 Å². The van der Waals surface area contributed by atoms with Gasteiger partial charge < -0.3 is 19.4 Å². The lowest BCUT2D eigenvalue weighted by Gasteiger charge is -2.25. The molecule has 4 nitrogen and oxygen atoms in total. The molecular formula is C19H22O4. The van der Waals surface area contributed by atoms with Crippen LogP contribution in [0.25, 0.3) is 0 Å². The van der Waals surface area contributed by atoms with Crippen molar-refractivity contribution in [2.45, 2.75) is 31.8 Å². The Labute approximate surface area is 136 Å². The molecule has 0 aromatic heterocycles. The zero-order valence-corrected chi connectivity index (χ0v) is 13.0. The zero-order chi connectivity index (χ0) is 16.3. The fraction of sp³-hybridized carbons (Fsp3) is 0.316. The molecule has 0 saturated carbocycles. The standard InChI is InChI=1S/C19H22O4/c20-12-11-18(22-14-16-7-3-1-4-8-16)19(13-21)23-15-17-9-5-2-6-10-17/h1-10,12,18-19,21H,11,13-15H2/t18-,19+/m0/s1. The van der Waals surface area contributed by atoms with Crippen LogP contribution in [0.4, 0.5) is 0 Å². The summed E-state index contributed by atoms with van der Waals surface area (Å²) in [6.07, 6.45) is -0.0256. The Balaban J connectivity index is 1.91. The van der Waals surface area contributed by atoms with Crippen LogP contribution in [0, 0.1) is 0 Å². The first kappa shape index (κ1) is 17.3. The van der Waals surface area contributed by atoms with Crippen LogP contribution in [0.15, 0.2) is 60.7 Å². The quantitative estimate of drug-likeness (QED) is 0.685. The van der Waals surface area contributed by atoms with E-state index in [4.69, 9.17) is 9.47 Å². The topological polar surface area (TPSA) is 55.8 Å². The second-order valence-corrected chi connectivity index (χ2v) is 5.26. The predicted molar refractivity (Wildman–Crippen MR) is 87.8 cm³/mol. The van der Waals surface area contributed by atoms with Crippen LogP contribution in [0.2, 0.25) is 0 Å². The number of hydrogen-bond donors (Lipinski definition) is 1. The van der Waals surface area contributed by atoms with Crippen molar-refractivity contribution in [3.05, 3.63) is 71.8 Å². The molecular weight excluding hydrogens is 292 g/mol. The largest absolute Gasteiger partial charge is 0.394 e. The molecule has 0 heterocycles. The van der Waals surface area contributed by atoms with Crippen LogP contribution in [-0.4, -0.2) is 30.2 Å². The SMILES string of the molecule is O=CC[C@H](OCc1ccccc1)[C@@H](CO)OCc1ccccc1. The highest BCUT2D eigenvalue weighted by atomic mass is 16.5. The van der Waals surface area contributed by atoms with Crippen LogP contribution in [0.3, 0.4) is 0 Å². The van der Waals surface area contributed by atoms with Crippen molar-refractivity contribution in [1.29, 1.82) is 0 Å². The molecule has 0 aliphatic heterocycles. The maximum Gasteiger partial charge on any atom is 0.122 e. The molecule has 0 fully saturated rings. The summed E-state index contributed by atoms with van der Waals surface area (Å²) in [5.74, 6) is 0. The van der Waals surface area contributed by atoms with E-state index in [0.717, 1.165) is 17.4 Å². The van der Waals surface area contributed by atoms with Crippen molar-refractivity contribution in [3.63, 3.8) is 0 Å². The van der Waals surface area contributed by atoms with Crippen LogP contribution in [-0.2, 0) is 27.5 Å². The lowest BCUT2D eigenvalue weighted by atomic mass is 10.1. The van der Waals surface area contributed by atoms with E-state index in [1.54, 1.807) is 0 Å². The molecule has 0 saturated heterocycles. The Bertz CT molecular complexity index is 556. The van der Waals surface area contributed by atoms with Crippen LogP contribution in [0.1, 0.15) is 17.5 Å². The Morgan fingerprint density at radius 3 is 1.74 bits per heavy atom. The van der Waals surface area contributed by atoms with Gasteiger partial charge in [-0.05, 0) is 11.1 Å². The molecule has 2 rings (SSSR count). The smallest absolute Gasteiger partial charge is 0.122 e. The van der Waals surface area contributed by atoms with Gasteiger partial charge in [0.25, 0.3) is 0 Å². The van der Waals surface area contributed by atoms with Gasteiger partial charge in [-0.1, -0.05) is 60.7 Å². The number of ether oxygens (including phenoxy) is 2. The summed E-state index contributed by atoms with van der Waals surface area (Å²) in [6, 6.07) is 19.4. The number of benzene rings is 2. The third kappa shape index (κ3) is 5.94. The molecule has 1 N–H and O–H groups in total. The van der Waals surface area contributed by atoms with Gasteiger partial charge in [0.2, 0.25) is 0 Å². The van der Waals surface area contributed by atoms with Gasteiger partial charge in [0, 0.05) is 6.42 Å². The average Bonchev–Trinajstić information content (AvgIpc) is 2.62. The summed E-state index contributed by atoms with van der Waals surface area (Å²) in [4.78, 5) is 10.9. The van der Waals surface area contributed by atoms with Crippen molar-refractivity contribution < 1.29 is 19.4 Å². The molecule has 2 aromatic carbocycles. The Kier molecular flexibility index (Phi) is 7.46. The zero-order valence-electron chi connectivity index (χ0n) is 13.0. The molecule has 2 aromatic rings. The molecule has 0 unspecified atom stereocenters. The summed E-state index contributed by atoms with van der Waals surface area (Å²) in [7, 11) is 0. The second kappa shape index (κ2) is 9.90. The maximum absolute atomic E-state index is 10.9. The summed E-state index contributed by atoms with van der Waals surface area (Å²) < 4.78 is 11.5. The first-order chi connectivity index (χ1) is 11.3. The van der Waals surface area contributed by atoms with Crippen LogP contribution >= 0.6 is 0 Å². The molecule has 23 heavy (non-hydrogen) atoms. The number of carbonyl (C=O) groups excluding carboxylic acids is 1. The first-order valence-electron chi connectivity index (χ1n) is 7.69. The number of rotatable bonds is 10. The molecule has 2 atom stereocenters. The molecule has 122 valence electrons. The Hall–Kier alpha value is -2.01. The summed E-state index contributed by atoms with van der Waals surface area (Å²) >= 11 is 0. The normalized spacial score (nSPS) is 13.4. The van der Waals surface area contributed by atoms with E-state index in [1.807, 2.05) is 60.7 Å². The predicted octanol–water partition coefficient (Wildman–Crippen LogP) is 2.74. The van der Waals surface area contributed by atoms with Crippen molar-refractivity contribution >= 4 is 6.29 Å². The molecule has 0 amide bonds. The lowest BCUT2D eigenvalue weighted by Crippen LogP contribution is -2.35. The highest BCUT2D eigenvalue weighted by Crippen LogP contribution is 2.13. The van der Waals surface area contributed by atoms with Crippen molar-refractivity contribution in [2.24, 2.45) is 0 Å². The van der Waals surface area contributed by atoms with Gasteiger partial charge in [0.1, 0.15) is 12.4 Å². The van der Waals surface area contributed by atoms with E-state index < -0.39 is 12.2 Å². The molecule has 0 bridgehead atoms. The highest BCUT2D eigenvalue weighted by Gasteiger charge is 2.22. The summed E-state index contributed by atoms with van der Waals surface area (Å²) in [5, 5.41) is 9.58. The minimum Gasteiger partial charge on any atom is -0.394 e. The third-order valence-electron chi connectivity index (χ3n) is 3.54. The third-order valence-corrected chi connectivity index (χ3v) is 3.54. The summed E-state index contributed by atoms with van der Waals surface area (Å²) in [5.41, 5.74) is 2.03. The lowest BCUT2D eigenvalue weighted by molar-refractivity contribution is -0.124. The van der Waals surface area contributed by atoms with Crippen LogP contribution in [0.5, 0.6) is 0 Å². The minimum absolute atomic E-state index is 0.187. The molecule has 0 radical (unpaired) electrons. The number of aldehydes is 1. The van der Waals surface area contributed by atoms with E-state index in [2.05, 4.69) is 0 Å². The van der Waals surface area contributed by atoms with Gasteiger partial charge in [0.05, 0.1) is 25.9 Å². The maximum atomic E-state index is 10.9. The number of carbonyl (C=O) groups is 1. The number of aliphatic hydroxyl groups is 1. The molecule has 0 aliphatic carbocycles. The molecule has 0 spiro atoms. The van der Waals surface area contributed by atoms with Crippen molar-refractivity contribution in [1.82, 2.24) is 0 Å². The fourth-order valence-corrected chi connectivity index (χ4v) is 2.25. The Morgan fingerprint density at radius 1 is 0.826 bits per heavy atom.